The number of anilines is 1. The third-order valence-electron chi connectivity index (χ3n) is 3.57. The Balaban J connectivity index is 2.26. The minimum absolute atomic E-state index is 0.156. The van der Waals surface area contributed by atoms with Gasteiger partial charge in [0, 0.05) is 6.20 Å². The third kappa shape index (κ3) is 2.38. The zero-order valence-electron chi connectivity index (χ0n) is 12.9. The Bertz CT molecular complexity index is 949. The number of carbonyl (C=O) groups excluding carboxylic acids is 1. The second-order valence-electron chi connectivity index (χ2n) is 5.12. The summed E-state index contributed by atoms with van der Waals surface area (Å²) in [6.45, 7) is 0. The zero-order chi connectivity index (χ0) is 19.3. The van der Waals surface area contributed by atoms with Crippen LogP contribution in [0.2, 0.25) is 0 Å². The van der Waals surface area contributed by atoms with Crippen LogP contribution in [0.25, 0.3) is 5.69 Å². The fourth-order valence-electron chi connectivity index (χ4n) is 2.37. The summed E-state index contributed by atoms with van der Waals surface area (Å²) in [5, 5.41) is 9.08. The van der Waals surface area contributed by atoms with Gasteiger partial charge in [-0.25, -0.2) is 4.79 Å². The van der Waals surface area contributed by atoms with Crippen molar-refractivity contribution in [3.63, 3.8) is 0 Å². The SMILES string of the molecule is COC(=O)c1c(N)c(C#N)cn1-c1cccc2c1OC(F)(F)C(F)(F)O2. The highest BCUT2D eigenvalue weighted by molar-refractivity contribution is 5.96. The number of hydrogen-bond donors (Lipinski definition) is 1. The smallest absolute Gasteiger partial charge is 0.464 e. The van der Waals surface area contributed by atoms with Gasteiger partial charge in [-0.15, -0.1) is 0 Å². The van der Waals surface area contributed by atoms with Crippen molar-refractivity contribution in [2.24, 2.45) is 0 Å². The largest absolute Gasteiger partial charge is 0.507 e. The minimum Gasteiger partial charge on any atom is -0.464 e. The van der Waals surface area contributed by atoms with Crippen LogP contribution in [0.3, 0.4) is 0 Å². The number of nitrogens with zero attached hydrogens (tertiary/aromatic N) is 2. The molecule has 3 rings (SSSR count). The zero-order valence-corrected chi connectivity index (χ0v) is 12.9. The van der Waals surface area contributed by atoms with Crippen LogP contribution in [0.15, 0.2) is 24.4 Å². The summed E-state index contributed by atoms with van der Waals surface area (Å²) in [5.41, 5.74) is 4.66. The van der Waals surface area contributed by atoms with Crippen LogP contribution in [-0.4, -0.2) is 29.9 Å². The number of halogens is 4. The second kappa shape index (κ2) is 5.55. The third-order valence-corrected chi connectivity index (χ3v) is 3.57. The van der Waals surface area contributed by atoms with E-state index >= 15 is 0 Å². The van der Waals surface area contributed by atoms with Gasteiger partial charge in [-0.1, -0.05) is 6.07 Å². The molecule has 136 valence electrons. The van der Waals surface area contributed by atoms with Crippen LogP contribution in [-0.2, 0) is 4.74 Å². The number of esters is 1. The van der Waals surface area contributed by atoms with Crippen LogP contribution in [0, 0.1) is 11.3 Å². The molecule has 0 unspecified atom stereocenters. The highest BCUT2D eigenvalue weighted by Gasteiger charge is 2.66. The van der Waals surface area contributed by atoms with E-state index in [0.717, 1.165) is 23.9 Å². The molecule has 0 radical (unpaired) electrons. The van der Waals surface area contributed by atoms with E-state index in [4.69, 9.17) is 11.0 Å². The van der Waals surface area contributed by atoms with Gasteiger partial charge in [-0.05, 0) is 12.1 Å². The standard InChI is InChI=1S/C15H9F4N3O4/c1-24-13(23)11-10(21)7(5-20)6-22(11)8-3-2-4-9-12(8)26-15(18,19)14(16,17)25-9/h2-4,6H,21H2,1H3. The molecule has 1 aromatic heterocycles. The predicted octanol–water partition coefficient (Wildman–Crippen LogP) is 2.67. The molecule has 0 fully saturated rings. The fourth-order valence-corrected chi connectivity index (χ4v) is 2.37. The molecular formula is C15H9F4N3O4. The average Bonchev–Trinajstić information content (AvgIpc) is 2.90. The second-order valence-corrected chi connectivity index (χ2v) is 5.12. The monoisotopic (exact) mass is 371 g/mol. The Hall–Kier alpha value is -3.42. The van der Waals surface area contributed by atoms with Gasteiger partial charge in [-0.3, -0.25) is 0 Å². The summed E-state index contributed by atoms with van der Waals surface area (Å²) in [6, 6.07) is 5.10. The predicted molar refractivity (Wildman–Crippen MR) is 77.4 cm³/mol. The molecule has 0 bridgehead atoms. The number of nitrogens with two attached hydrogens (primary N) is 1. The molecule has 2 aromatic rings. The molecule has 7 nitrogen and oxygen atoms in total. The molecular weight excluding hydrogens is 362 g/mol. The van der Waals surface area contributed by atoms with Crippen molar-refractivity contribution in [3.8, 4) is 23.3 Å². The van der Waals surface area contributed by atoms with Crippen molar-refractivity contribution < 1.29 is 36.6 Å². The quantitative estimate of drug-likeness (QED) is 0.644. The molecule has 2 N–H and O–H groups in total. The Labute approximate surface area is 143 Å². The molecule has 1 aliphatic heterocycles. The van der Waals surface area contributed by atoms with Crippen LogP contribution in [0.4, 0.5) is 23.2 Å². The Morgan fingerprint density at radius 1 is 1.27 bits per heavy atom. The fraction of sp³-hybridized carbons (Fsp3) is 0.200. The molecule has 1 aliphatic rings. The van der Waals surface area contributed by atoms with Gasteiger partial charge >= 0.3 is 18.2 Å². The number of para-hydroxylation sites is 1. The maximum atomic E-state index is 13.6. The number of fused-ring (bicyclic) bond motifs is 1. The van der Waals surface area contributed by atoms with Gasteiger partial charge in [0.2, 0.25) is 0 Å². The molecule has 0 aliphatic carbocycles. The first-order valence-corrected chi connectivity index (χ1v) is 6.89. The van der Waals surface area contributed by atoms with E-state index in [0.29, 0.717) is 0 Å². The van der Waals surface area contributed by atoms with Crippen molar-refractivity contribution in [3.05, 3.63) is 35.7 Å². The normalized spacial score (nSPS) is 16.6. The van der Waals surface area contributed by atoms with Gasteiger partial charge in [0.1, 0.15) is 6.07 Å². The first-order valence-electron chi connectivity index (χ1n) is 6.89. The lowest BCUT2D eigenvalue weighted by Gasteiger charge is -2.32. The van der Waals surface area contributed by atoms with Crippen LogP contribution < -0.4 is 15.2 Å². The number of carbonyl (C=O) groups is 1. The molecule has 2 heterocycles. The molecule has 0 saturated carbocycles. The van der Waals surface area contributed by atoms with E-state index in [1.165, 1.54) is 12.1 Å². The molecule has 11 heteroatoms. The van der Waals surface area contributed by atoms with Crippen molar-refractivity contribution in [2.75, 3.05) is 12.8 Å². The van der Waals surface area contributed by atoms with E-state index in [1.54, 1.807) is 6.07 Å². The lowest BCUT2D eigenvalue weighted by Crippen LogP contribution is -2.52. The van der Waals surface area contributed by atoms with Gasteiger partial charge in [0.05, 0.1) is 24.0 Å². The Kier molecular flexibility index (Phi) is 3.72. The molecule has 26 heavy (non-hydrogen) atoms. The van der Waals surface area contributed by atoms with Crippen LogP contribution in [0.1, 0.15) is 16.1 Å². The van der Waals surface area contributed by atoms with E-state index in [1.807, 2.05) is 0 Å². The highest BCUT2D eigenvalue weighted by atomic mass is 19.3. The van der Waals surface area contributed by atoms with Crippen molar-refractivity contribution in [2.45, 2.75) is 12.2 Å². The summed E-state index contributed by atoms with van der Waals surface area (Å²) in [5.74, 6) is -2.41. The molecule has 0 saturated heterocycles. The van der Waals surface area contributed by atoms with Gasteiger partial charge in [0.15, 0.2) is 17.2 Å². The first kappa shape index (κ1) is 17.4. The number of rotatable bonds is 2. The van der Waals surface area contributed by atoms with E-state index in [2.05, 4.69) is 14.2 Å². The number of hydrogen-bond acceptors (Lipinski definition) is 6. The summed E-state index contributed by atoms with van der Waals surface area (Å²) >= 11 is 0. The summed E-state index contributed by atoms with van der Waals surface area (Å²) in [4.78, 5) is 12.0. The van der Waals surface area contributed by atoms with Crippen LogP contribution >= 0.6 is 0 Å². The number of alkyl halides is 4. The van der Waals surface area contributed by atoms with E-state index in [-0.39, 0.29) is 22.6 Å². The number of benzene rings is 1. The number of ether oxygens (including phenoxy) is 3. The summed E-state index contributed by atoms with van der Waals surface area (Å²) in [7, 11) is 1.04. The lowest BCUT2D eigenvalue weighted by atomic mass is 10.2. The van der Waals surface area contributed by atoms with Gasteiger partial charge in [0.25, 0.3) is 0 Å². The van der Waals surface area contributed by atoms with Gasteiger partial charge < -0.3 is 24.5 Å². The molecule has 1 aromatic carbocycles. The number of nitriles is 1. The highest BCUT2D eigenvalue weighted by Crippen LogP contribution is 2.49. The maximum Gasteiger partial charge on any atom is 0.507 e. The Morgan fingerprint density at radius 3 is 2.54 bits per heavy atom. The van der Waals surface area contributed by atoms with Gasteiger partial charge in [-0.2, -0.15) is 22.8 Å². The molecule has 0 spiro atoms. The van der Waals surface area contributed by atoms with E-state index < -0.39 is 29.7 Å². The minimum atomic E-state index is -4.96. The van der Waals surface area contributed by atoms with Crippen LogP contribution in [0.5, 0.6) is 11.5 Å². The summed E-state index contributed by atoms with van der Waals surface area (Å²) in [6.07, 6.45) is -8.79. The van der Waals surface area contributed by atoms with Crippen molar-refractivity contribution >= 4 is 11.7 Å². The maximum absolute atomic E-state index is 13.6. The average molecular weight is 371 g/mol. The lowest BCUT2D eigenvalue weighted by molar-refractivity contribution is -0.391. The van der Waals surface area contributed by atoms with E-state index in [9.17, 15) is 22.4 Å². The number of aromatic nitrogens is 1. The van der Waals surface area contributed by atoms with Crippen molar-refractivity contribution in [1.82, 2.24) is 4.57 Å². The summed E-state index contributed by atoms with van der Waals surface area (Å²) < 4.78 is 67.5. The topological polar surface area (TPSA) is 99.5 Å². The number of methoxy groups -OCH3 is 1. The molecule has 0 atom stereocenters. The Morgan fingerprint density at radius 2 is 1.92 bits per heavy atom. The van der Waals surface area contributed by atoms with Crippen molar-refractivity contribution in [1.29, 1.82) is 5.26 Å². The first-order chi connectivity index (χ1) is 12.1. The number of nitrogen functional groups attached to an aromatic ring is 1. The molecule has 0 amide bonds.